The number of thioether (sulfide) groups is 1. The molecular weight excluding hydrogens is 332 g/mol. The van der Waals surface area contributed by atoms with E-state index in [1.807, 2.05) is 20.1 Å². The van der Waals surface area contributed by atoms with Gasteiger partial charge >= 0.3 is 0 Å². The van der Waals surface area contributed by atoms with Crippen LogP contribution in [0.2, 0.25) is 0 Å². The predicted octanol–water partition coefficient (Wildman–Crippen LogP) is 1.19. The molecule has 0 atom stereocenters. The largest absolute Gasteiger partial charge is 0.357 e. The number of guanidine groups is 1. The van der Waals surface area contributed by atoms with Crippen molar-refractivity contribution in [3.8, 4) is 0 Å². The Morgan fingerprint density at radius 3 is 2.48 bits per heavy atom. The lowest BCUT2D eigenvalue weighted by atomic mass is 10.2. The van der Waals surface area contributed by atoms with Crippen LogP contribution in [0.15, 0.2) is 34.2 Å². The second-order valence-corrected chi connectivity index (χ2v) is 7.64. The van der Waals surface area contributed by atoms with E-state index in [1.54, 1.807) is 36.0 Å². The van der Waals surface area contributed by atoms with Gasteiger partial charge in [0.2, 0.25) is 10.0 Å². The fraction of sp³-hybridized carbons (Fsp3) is 0.533. The lowest BCUT2D eigenvalue weighted by Gasteiger charge is -2.11. The summed E-state index contributed by atoms with van der Waals surface area (Å²) in [6, 6.07) is 6.78. The number of hydrogen-bond acceptors (Lipinski definition) is 4. The van der Waals surface area contributed by atoms with Crippen LogP contribution in [0.3, 0.4) is 0 Å². The van der Waals surface area contributed by atoms with Crippen LogP contribution in [0, 0.1) is 6.92 Å². The Labute approximate surface area is 143 Å². The van der Waals surface area contributed by atoms with E-state index in [4.69, 9.17) is 0 Å². The van der Waals surface area contributed by atoms with Gasteiger partial charge in [-0.2, -0.15) is 11.8 Å². The third-order valence-electron chi connectivity index (χ3n) is 2.95. The van der Waals surface area contributed by atoms with Gasteiger partial charge in [0, 0.05) is 25.4 Å². The molecule has 1 rings (SSSR count). The monoisotopic (exact) mass is 358 g/mol. The Balaban J connectivity index is 2.49. The normalized spacial score (nSPS) is 12.2. The highest BCUT2D eigenvalue weighted by Gasteiger charge is 2.12. The minimum atomic E-state index is -3.47. The van der Waals surface area contributed by atoms with Gasteiger partial charge in [-0.3, -0.25) is 4.99 Å². The molecule has 0 unspecified atom stereocenters. The minimum absolute atomic E-state index is 0.259. The van der Waals surface area contributed by atoms with Crippen molar-refractivity contribution in [2.24, 2.45) is 4.99 Å². The number of sulfonamides is 1. The summed E-state index contributed by atoms with van der Waals surface area (Å²) >= 11 is 1.76. The average molecular weight is 359 g/mol. The average Bonchev–Trinajstić information content (AvgIpc) is 2.52. The zero-order valence-corrected chi connectivity index (χ0v) is 15.6. The summed E-state index contributed by atoms with van der Waals surface area (Å²) in [6.45, 7) is 6.13. The molecular formula is C15H26N4O2S2. The van der Waals surface area contributed by atoms with E-state index in [0.717, 1.165) is 24.4 Å². The summed E-state index contributed by atoms with van der Waals surface area (Å²) in [6.07, 6.45) is 2.05. The maximum Gasteiger partial charge on any atom is 0.240 e. The van der Waals surface area contributed by atoms with E-state index >= 15 is 0 Å². The van der Waals surface area contributed by atoms with Gasteiger partial charge in [-0.25, -0.2) is 13.1 Å². The first-order valence-electron chi connectivity index (χ1n) is 7.57. The molecule has 23 heavy (non-hydrogen) atoms. The Bertz CT molecular complexity index is 586. The number of hydrogen-bond donors (Lipinski definition) is 3. The van der Waals surface area contributed by atoms with Crippen molar-refractivity contribution in [2.75, 3.05) is 38.2 Å². The third kappa shape index (κ3) is 7.71. The van der Waals surface area contributed by atoms with Crippen LogP contribution in [0.4, 0.5) is 0 Å². The molecule has 0 aliphatic carbocycles. The van der Waals surface area contributed by atoms with E-state index in [2.05, 4.69) is 20.3 Å². The summed E-state index contributed by atoms with van der Waals surface area (Å²) < 4.78 is 26.8. The first kappa shape index (κ1) is 19.8. The summed E-state index contributed by atoms with van der Waals surface area (Å²) in [5.41, 5.74) is 1.03. The maximum absolute atomic E-state index is 12.1. The molecule has 0 aliphatic heterocycles. The molecule has 0 saturated heterocycles. The molecule has 0 spiro atoms. The summed E-state index contributed by atoms with van der Waals surface area (Å²) in [4.78, 5) is 4.63. The van der Waals surface area contributed by atoms with Crippen LogP contribution in [0.1, 0.15) is 12.5 Å². The summed E-state index contributed by atoms with van der Waals surface area (Å²) in [7, 11) is -3.47. The van der Waals surface area contributed by atoms with Crippen molar-refractivity contribution in [3.63, 3.8) is 0 Å². The highest BCUT2D eigenvalue weighted by Crippen LogP contribution is 2.09. The number of nitrogens with one attached hydrogen (secondary N) is 3. The zero-order valence-electron chi connectivity index (χ0n) is 13.9. The van der Waals surface area contributed by atoms with Crippen LogP contribution in [0.5, 0.6) is 0 Å². The second kappa shape index (κ2) is 10.5. The predicted molar refractivity (Wildman–Crippen MR) is 98.7 cm³/mol. The quantitative estimate of drug-likeness (QED) is 0.351. The first-order chi connectivity index (χ1) is 11.0. The maximum atomic E-state index is 12.1. The number of nitrogens with zero attached hydrogens (tertiary/aromatic N) is 1. The van der Waals surface area contributed by atoms with Gasteiger partial charge in [0.25, 0.3) is 0 Å². The molecule has 130 valence electrons. The minimum Gasteiger partial charge on any atom is -0.357 e. The van der Waals surface area contributed by atoms with Gasteiger partial charge in [-0.1, -0.05) is 17.7 Å². The van der Waals surface area contributed by atoms with Gasteiger partial charge in [-0.15, -0.1) is 0 Å². The van der Waals surface area contributed by atoms with Crippen molar-refractivity contribution in [1.29, 1.82) is 0 Å². The molecule has 1 aromatic carbocycles. The molecule has 3 N–H and O–H groups in total. The number of aryl methyl sites for hydroxylation is 1. The highest BCUT2D eigenvalue weighted by atomic mass is 32.2. The van der Waals surface area contributed by atoms with E-state index in [-0.39, 0.29) is 11.4 Å². The van der Waals surface area contributed by atoms with E-state index in [9.17, 15) is 8.42 Å². The molecule has 8 heteroatoms. The molecule has 0 aliphatic rings. The number of rotatable bonds is 9. The highest BCUT2D eigenvalue weighted by molar-refractivity contribution is 7.98. The smallest absolute Gasteiger partial charge is 0.240 e. The number of benzene rings is 1. The van der Waals surface area contributed by atoms with Crippen molar-refractivity contribution >= 4 is 27.7 Å². The number of aliphatic imine (C=N–C) groups is 1. The fourth-order valence-corrected chi connectivity index (χ4v) is 3.09. The van der Waals surface area contributed by atoms with Crippen molar-refractivity contribution in [1.82, 2.24) is 15.4 Å². The van der Waals surface area contributed by atoms with Gasteiger partial charge < -0.3 is 10.6 Å². The Morgan fingerprint density at radius 2 is 1.87 bits per heavy atom. The molecule has 0 fully saturated rings. The van der Waals surface area contributed by atoms with E-state index in [0.29, 0.717) is 12.5 Å². The van der Waals surface area contributed by atoms with Crippen molar-refractivity contribution in [3.05, 3.63) is 29.8 Å². The second-order valence-electron chi connectivity index (χ2n) is 4.89. The summed E-state index contributed by atoms with van der Waals surface area (Å²) in [5, 5.41) is 6.33. The van der Waals surface area contributed by atoms with Crippen molar-refractivity contribution < 1.29 is 8.42 Å². The van der Waals surface area contributed by atoms with Crippen LogP contribution >= 0.6 is 11.8 Å². The van der Waals surface area contributed by atoms with Gasteiger partial charge in [0.05, 0.1) is 11.4 Å². The summed E-state index contributed by atoms with van der Waals surface area (Å²) in [5.74, 6) is 1.70. The van der Waals surface area contributed by atoms with Crippen molar-refractivity contribution in [2.45, 2.75) is 18.7 Å². The van der Waals surface area contributed by atoms with E-state index < -0.39 is 10.0 Å². The molecule has 0 amide bonds. The Kier molecular flexibility index (Phi) is 9.05. The first-order valence-corrected chi connectivity index (χ1v) is 10.4. The van der Waals surface area contributed by atoms with Crippen LogP contribution in [-0.2, 0) is 10.0 Å². The lowest BCUT2D eigenvalue weighted by Crippen LogP contribution is -2.39. The molecule has 0 aromatic heterocycles. The Morgan fingerprint density at radius 1 is 1.17 bits per heavy atom. The van der Waals surface area contributed by atoms with Crippen LogP contribution in [0.25, 0.3) is 0 Å². The molecule has 0 bridgehead atoms. The topological polar surface area (TPSA) is 82.6 Å². The zero-order chi connectivity index (χ0) is 17.1. The standard InChI is InChI=1S/C15H26N4O2S2/c1-4-16-15(18-11-12-22-3)17-9-10-19-23(20,21)14-7-5-13(2)6-8-14/h5-8,19H,4,9-12H2,1-3H3,(H2,16,17,18). The van der Waals surface area contributed by atoms with Gasteiger partial charge in [-0.05, 0) is 32.2 Å². The van der Waals surface area contributed by atoms with E-state index in [1.165, 1.54) is 0 Å². The molecule has 6 nitrogen and oxygen atoms in total. The molecule has 0 heterocycles. The molecule has 0 radical (unpaired) electrons. The fourth-order valence-electron chi connectivity index (χ4n) is 1.76. The molecule has 1 aromatic rings. The van der Waals surface area contributed by atoms with Gasteiger partial charge in [0.15, 0.2) is 5.96 Å². The van der Waals surface area contributed by atoms with Gasteiger partial charge in [0.1, 0.15) is 0 Å². The van der Waals surface area contributed by atoms with Crippen LogP contribution < -0.4 is 15.4 Å². The SMILES string of the molecule is CCNC(=NCCNS(=O)(=O)c1ccc(C)cc1)NCCSC. The molecule has 0 saturated carbocycles. The third-order valence-corrected chi connectivity index (χ3v) is 5.04. The van der Waals surface area contributed by atoms with Crippen LogP contribution in [-0.4, -0.2) is 52.6 Å². The Hall–Kier alpha value is -1.25. The lowest BCUT2D eigenvalue weighted by molar-refractivity contribution is 0.582.